The number of benzene rings is 1. The van der Waals surface area contributed by atoms with Crippen LogP contribution >= 0.6 is 0 Å². The van der Waals surface area contributed by atoms with Crippen molar-refractivity contribution >= 4 is 17.5 Å². The van der Waals surface area contributed by atoms with Gasteiger partial charge in [0.25, 0.3) is 11.8 Å². The molecule has 0 saturated heterocycles. The van der Waals surface area contributed by atoms with Gasteiger partial charge in [0.05, 0.1) is 0 Å². The van der Waals surface area contributed by atoms with E-state index >= 15 is 0 Å². The molecule has 2 amide bonds. The molecule has 2 N–H and O–H groups in total. The third-order valence-electron chi connectivity index (χ3n) is 3.45. The van der Waals surface area contributed by atoms with Gasteiger partial charge in [-0.1, -0.05) is 13.0 Å². The Labute approximate surface area is 138 Å². The lowest BCUT2D eigenvalue weighted by atomic mass is 10.1. The summed E-state index contributed by atoms with van der Waals surface area (Å²) < 4.78 is 27.2. The maximum absolute atomic E-state index is 13.6. The van der Waals surface area contributed by atoms with E-state index in [-0.39, 0.29) is 23.2 Å². The predicted molar refractivity (Wildman–Crippen MR) is 85.8 cm³/mol. The van der Waals surface area contributed by atoms with Gasteiger partial charge in [0.15, 0.2) is 0 Å². The van der Waals surface area contributed by atoms with E-state index in [1.54, 1.807) is 0 Å². The molecule has 0 saturated carbocycles. The van der Waals surface area contributed by atoms with Crippen LogP contribution in [0.5, 0.6) is 0 Å². The number of nitrogens with one attached hydrogen (secondary N) is 2. The van der Waals surface area contributed by atoms with Crippen molar-refractivity contribution in [3.63, 3.8) is 0 Å². The molecule has 1 heterocycles. The minimum absolute atomic E-state index is 0.0181. The van der Waals surface area contributed by atoms with Gasteiger partial charge in [0.2, 0.25) is 0 Å². The van der Waals surface area contributed by atoms with Crippen LogP contribution < -0.4 is 10.6 Å². The van der Waals surface area contributed by atoms with Crippen LogP contribution in [-0.2, 0) is 0 Å². The van der Waals surface area contributed by atoms with E-state index in [0.717, 1.165) is 18.6 Å². The van der Waals surface area contributed by atoms with Gasteiger partial charge in [-0.2, -0.15) is 0 Å². The molecule has 126 valence electrons. The number of hydrogen-bond donors (Lipinski definition) is 2. The minimum atomic E-state index is -0.894. The number of aromatic nitrogens is 1. The quantitative estimate of drug-likeness (QED) is 0.883. The van der Waals surface area contributed by atoms with Crippen molar-refractivity contribution < 1.29 is 18.4 Å². The Balaban J connectivity index is 2.19. The van der Waals surface area contributed by atoms with Crippen molar-refractivity contribution in [2.24, 2.45) is 0 Å². The fourth-order valence-electron chi connectivity index (χ4n) is 1.90. The lowest BCUT2D eigenvalue weighted by Gasteiger charge is -2.12. The largest absolute Gasteiger partial charge is 0.350 e. The first-order chi connectivity index (χ1) is 11.4. The molecule has 2 rings (SSSR count). The van der Waals surface area contributed by atoms with Crippen LogP contribution in [0.2, 0.25) is 0 Å². The molecule has 0 spiro atoms. The number of nitrogens with zero attached hydrogens (tertiary/aromatic N) is 1. The highest BCUT2D eigenvalue weighted by Crippen LogP contribution is 2.18. The third kappa shape index (κ3) is 4.13. The molecule has 24 heavy (non-hydrogen) atoms. The van der Waals surface area contributed by atoms with E-state index in [1.165, 1.54) is 24.4 Å². The van der Waals surface area contributed by atoms with Crippen molar-refractivity contribution in [2.75, 3.05) is 5.32 Å². The second-order valence-electron chi connectivity index (χ2n) is 5.26. The van der Waals surface area contributed by atoms with Crippen LogP contribution in [0.1, 0.15) is 41.1 Å². The van der Waals surface area contributed by atoms with Crippen LogP contribution in [0.4, 0.5) is 14.5 Å². The maximum atomic E-state index is 13.6. The molecule has 1 aromatic heterocycles. The average Bonchev–Trinajstić information content (AvgIpc) is 2.58. The summed E-state index contributed by atoms with van der Waals surface area (Å²) in [6.45, 7) is 3.78. The second-order valence-corrected chi connectivity index (χ2v) is 5.26. The molecule has 0 aliphatic carbocycles. The second kappa shape index (κ2) is 7.63. The number of pyridine rings is 1. The molecule has 0 aliphatic rings. The molecule has 1 aromatic carbocycles. The highest BCUT2D eigenvalue weighted by molar-refractivity contribution is 6.04. The first-order valence-corrected chi connectivity index (χ1v) is 7.44. The van der Waals surface area contributed by atoms with Gasteiger partial charge in [-0.05, 0) is 37.6 Å². The number of amides is 2. The van der Waals surface area contributed by atoms with E-state index < -0.39 is 23.2 Å². The first-order valence-electron chi connectivity index (χ1n) is 7.44. The monoisotopic (exact) mass is 333 g/mol. The number of hydrogen-bond acceptors (Lipinski definition) is 3. The summed E-state index contributed by atoms with van der Waals surface area (Å²) in [7, 11) is 0. The van der Waals surface area contributed by atoms with Gasteiger partial charge in [0.1, 0.15) is 23.0 Å². The Morgan fingerprint density at radius 3 is 2.46 bits per heavy atom. The third-order valence-corrected chi connectivity index (χ3v) is 3.45. The van der Waals surface area contributed by atoms with Crippen molar-refractivity contribution in [2.45, 2.75) is 26.3 Å². The summed E-state index contributed by atoms with van der Waals surface area (Å²) in [5.41, 5.74) is -0.433. The van der Waals surface area contributed by atoms with E-state index in [4.69, 9.17) is 0 Å². The van der Waals surface area contributed by atoms with Crippen molar-refractivity contribution in [1.29, 1.82) is 0 Å². The van der Waals surface area contributed by atoms with Crippen LogP contribution in [0.3, 0.4) is 0 Å². The van der Waals surface area contributed by atoms with Crippen LogP contribution in [0.25, 0.3) is 0 Å². The fraction of sp³-hybridized carbons (Fsp3) is 0.235. The molecule has 0 bridgehead atoms. The van der Waals surface area contributed by atoms with Crippen molar-refractivity contribution in [3.8, 4) is 0 Å². The molecule has 7 heteroatoms. The van der Waals surface area contributed by atoms with Crippen molar-refractivity contribution in [3.05, 3.63) is 59.4 Å². The molecule has 0 radical (unpaired) electrons. The lowest BCUT2D eigenvalue weighted by Crippen LogP contribution is -2.32. The van der Waals surface area contributed by atoms with Gasteiger partial charge in [-0.3, -0.25) is 14.6 Å². The molecule has 5 nitrogen and oxygen atoms in total. The molecular formula is C17H17F2N3O2. The molecule has 0 aliphatic heterocycles. The molecule has 2 aromatic rings. The van der Waals surface area contributed by atoms with Crippen LogP contribution in [-0.4, -0.2) is 22.8 Å². The number of carbonyl (C=O) groups is 2. The highest BCUT2D eigenvalue weighted by atomic mass is 19.1. The van der Waals surface area contributed by atoms with E-state index in [1.807, 2.05) is 13.8 Å². The van der Waals surface area contributed by atoms with Gasteiger partial charge in [0, 0.05) is 17.8 Å². The van der Waals surface area contributed by atoms with Gasteiger partial charge in [-0.15, -0.1) is 0 Å². The molecule has 1 atom stereocenters. The van der Waals surface area contributed by atoms with Crippen LogP contribution in [0.15, 0.2) is 36.5 Å². The zero-order chi connectivity index (χ0) is 17.7. The molecule has 1 unspecified atom stereocenters. The van der Waals surface area contributed by atoms with E-state index in [9.17, 15) is 18.4 Å². The predicted octanol–water partition coefficient (Wildman–Crippen LogP) is 3.14. The minimum Gasteiger partial charge on any atom is -0.350 e. The Morgan fingerprint density at radius 1 is 1.17 bits per heavy atom. The van der Waals surface area contributed by atoms with Gasteiger partial charge < -0.3 is 10.6 Å². The lowest BCUT2D eigenvalue weighted by molar-refractivity contribution is 0.0939. The summed E-state index contributed by atoms with van der Waals surface area (Å²) >= 11 is 0. The molecular weight excluding hydrogens is 316 g/mol. The summed E-state index contributed by atoms with van der Waals surface area (Å²) in [5.74, 6) is -2.95. The molecule has 0 fully saturated rings. The Morgan fingerprint density at radius 2 is 1.83 bits per heavy atom. The summed E-state index contributed by atoms with van der Waals surface area (Å²) in [4.78, 5) is 28.0. The zero-order valence-corrected chi connectivity index (χ0v) is 13.3. The SMILES string of the molecule is CCC(C)NC(=O)c1ccnc(C(=O)Nc2c(F)cccc2F)c1. The topological polar surface area (TPSA) is 71.1 Å². The first kappa shape index (κ1) is 17.5. The number of anilines is 1. The summed E-state index contributed by atoms with van der Waals surface area (Å²) in [6.07, 6.45) is 2.05. The Hall–Kier alpha value is -2.83. The van der Waals surface area contributed by atoms with Crippen LogP contribution in [0, 0.1) is 11.6 Å². The number of rotatable bonds is 5. The summed E-state index contributed by atoms with van der Waals surface area (Å²) in [5, 5.41) is 4.89. The van der Waals surface area contributed by atoms with E-state index in [2.05, 4.69) is 15.6 Å². The standard InChI is InChI=1S/C17H17F2N3O2/c1-3-10(2)21-16(23)11-7-8-20-14(9-11)17(24)22-15-12(18)5-4-6-13(15)19/h4-10H,3H2,1-2H3,(H,21,23)(H,22,24). The number of carbonyl (C=O) groups excluding carboxylic acids is 2. The van der Waals surface area contributed by atoms with Gasteiger partial charge >= 0.3 is 0 Å². The average molecular weight is 333 g/mol. The zero-order valence-electron chi connectivity index (χ0n) is 13.3. The summed E-state index contributed by atoms with van der Waals surface area (Å²) in [6, 6.07) is 5.96. The fourth-order valence-corrected chi connectivity index (χ4v) is 1.90. The maximum Gasteiger partial charge on any atom is 0.274 e. The van der Waals surface area contributed by atoms with Crippen molar-refractivity contribution in [1.82, 2.24) is 10.3 Å². The number of para-hydroxylation sites is 1. The van der Waals surface area contributed by atoms with E-state index in [0.29, 0.717) is 0 Å². The Bertz CT molecular complexity index is 745. The Kier molecular flexibility index (Phi) is 5.57. The number of halogens is 2. The van der Waals surface area contributed by atoms with Gasteiger partial charge in [-0.25, -0.2) is 8.78 Å². The highest BCUT2D eigenvalue weighted by Gasteiger charge is 2.16. The smallest absolute Gasteiger partial charge is 0.274 e. The normalized spacial score (nSPS) is 11.7.